The van der Waals surface area contributed by atoms with Gasteiger partial charge in [0.25, 0.3) is 0 Å². The highest BCUT2D eigenvalue weighted by Gasteiger charge is 2.23. The number of nitrogens with zero attached hydrogens (tertiary/aromatic N) is 2. The Kier molecular flexibility index (Phi) is 5.63. The number of carbonyl (C=O) groups excluding carboxylic acids is 1. The van der Waals surface area contributed by atoms with E-state index < -0.39 is 0 Å². The van der Waals surface area contributed by atoms with Gasteiger partial charge in [0.05, 0.1) is 0 Å². The third-order valence-corrected chi connectivity index (χ3v) is 5.84. The highest BCUT2D eigenvalue weighted by atomic mass is 16.6. The zero-order valence-electron chi connectivity index (χ0n) is 15.6. The van der Waals surface area contributed by atoms with Crippen molar-refractivity contribution in [3.63, 3.8) is 0 Å². The number of likely N-dealkylation sites (tertiary alicyclic amines) is 2. The summed E-state index contributed by atoms with van der Waals surface area (Å²) >= 11 is 0. The summed E-state index contributed by atoms with van der Waals surface area (Å²) in [6.45, 7) is 6.41. The molecule has 0 spiro atoms. The molecule has 26 heavy (non-hydrogen) atoms. The van der Waals surface area contributed by atoms with Gasteiger partial charge in [-0.15, -0.1) is 0 Å². The lowest BCUT2D eigenvalue weighted by molar-refractivity contribution is -0.130. The van der Waals surface area contributed by atoms with Crippen molar-refractivity contribution < 1.29 is 14.3 Å². The van der Waals surface area contributed by atoms with Crippen molar-refractivity contribution >= 4 is 5.91 Å². The van der Waals surface area contributed by atoms with Gasteiger partial charge in [0.1, 0.15) is 13.2 Å². The Balaban J connectivity index is 1.27. The van der Waals surface area contributed by atoms with Crippen molar-refractivity contribution in [2.45, 2.75) is 45.1 Å². The summed E-state index contributed by atoms with van der Waals surface area (Å²) in [5.41, 5.74) is 1.28. The minimum absolute atomic E-state index is 0.367. The summed E-state index contributed by atoms with van der Waals surface area (Å²) in [5, 5.41) is 0. The van der Waals surface area contributed by atoms with Gasteiger partial charge < -0.3 is 14.4 Å². The number of carbonyl (C=O) groups is 1. The second kappa shape index (κ2) is 8.30. The summed E-state index contributed by atoms with van der Waals surface area (Å²) in [6, 6.07) is 6.29. The van der Waals surface area contributed by atoms with Gasteiger partial charge in [0.15, 0.2) is 11.5 Å². The quantitative estimate of drug-likeness (QED) is 0.811. The standard InChI is InChI=1S/C21H30N2O3/c24-21(23-10-1-2-11-23)8-6-17-4-3-9-22(15-17)16-18-5-7-19-20(14-18)26-13-12-25-19/h5,7,14,17H,1-4,6,8-13,15-16H2. The van der Waals surface area contributed by atoms with Crippen molar-refractivity contribution in [3.8, 4) is 11.5 Å². The molecule has 1 aromatic rings. The molecule has 2 fully saturated rings. The topological polar surface area (TPSA) is 42.0 Å². The molecule has 0 N–H and O–H groups in total. The van der Waals surface area contributed by atoms with Crippen molar-refractivity contribution in [2.75, 3.05) is 39.4 Å². The number of amides is 1. The zero-order chi connectivity index (χ0) is 17.8. The Labute approximate surface area is 156 Å². The first-order chi connectivity index (χ1) is 12.8. The van der Waals surface area contributed by atoms with E-state index in [9.17, 15) is 4.79 Å². The third kappa shape index (κ3) is 4.32. The van der Waals surface area contributed by atoms with E-state index in [-0.39, 0.29) is 0 Å². The number of ether oxygens (including phenoxy) is 2. The van der Waals surface area contributed by atoms with Crippen LogP contribution in [0.1, 0.15) is 44.1 Å². The molecular formula is C21H30N2O3. The number of hydrogen-bond donors (Lipinski definition) is 0. The van der Waals surface area contributed by atoms with Gasteiger partial charge in [-0.1, -0.05) is 6.07 Å². The van der Waals surface area contributed by atoms with E-state index in [4.69, 9.17) is 9.47 Å². The van der Waals surface area contributed by atoms with Gasteiger partial charge in [0.2, 0.25) is 5.91 Å². The van der Waals surface area contributed by atoms with Gasteiger partial charge in [0, 0.05) is 32.6 Å². The van der Waals surface area contributed by atoms with Crippen molar-refractivity contribution in [1.29, 1.82) is 0 Å². The second-order valence-electron chi connectivity index (χ2n) is 7.85. The predicted octanol–water partition coefficient (Wildman–Crippen LogP) is 3.07. The summed E-state index contributed by atoms with van der Waals surface area (Å²) in [7, 11) is 0. The maximum Gasteiger partial charge on any atom is 0.222 e. The maximum absolute atomic E-state index is 12.3. The van der Waals surface area contributed by atoms with Crippen LogP contribution in [0.25, 0.3) is 0 Å². The summed E-state index contributed by atoms with van der Waals surface area (Å²) < 4.78 is 11.3. The van der Waals surface area contributed by atoms with Crippen LogP contribution in [-0.2, 0) is 11.3 Å². The van der Waals surface area contributed by atoms with Crippen LogP contribution in [0.4, 0.5) is 0 Å². The van der Waals surface area contributed by atoms with Crippen LogP contribution in [0.5, 0.6) is 11.5 Å². The second-order valence-corrected chi connectivity index (χ2v) is 7.85. The Morgan fingerprint density at radius 3 is 2.69 bits per heavy atom. The predicted molar refractivity (Wildman–Crippen MR) is 100 cm³/mol. The smallest absolute Gasteiger partial charge is 0.222 e. The van der Waals surface area contributed by atoms with Gasteiger partial charge in [-0.25, -0.2) is 0 Å². The fourth-order valence-corrected chi connectivity index (χ4v) is 4.43. The van der Waals surface area contributed by atoms with Crippen molar-refractivity contribution in [1.82, 2.24) is 9.80 Å². The first-order valence-corrected chi connectivity index (χ1v) is 10.2. The van der Waals surface area contributed by atoms with Crippen LogP contribution in [0, 0.1) is 5.92 Å². The SMILES string of the molecule is O=C(CCC1CCCN(Cc2ccc3c(c2)OCCO3)C1)N1CCCC1. The van der Waals surface area contributed by atoms with Gasteiger partial charge in [-0.3, -0.25) is 9.69 Å². The molecule has 0 aromatic heterocycles. The summed E-state index contributed by atoms with van der Waals surface area (Å²) in [5.74, 6) is 2.74. The lowest BCUT2D eigenvalue weighted by Crippen LogP contribution is -2.36. The minimum Gasteiger partial charge on any atom is -0.486 e. The van der Waals surface area contributed by atoms with Crippen molar-refractivity contribution in [2.24, 2.45) is 5.92 Å². The minimum atomic E-state index is 0.367. The molecule has 0 bridgehead atoms. The zero-order valence-corrected chi connectivity index (χ0v) is 15.6. The molecule has 2 saturated heterocycles. The number of benzene rings is 1. The average Bonchev–Trinajstić information content (AvgIpc) is 3.21. The molecule has 0 aliphatic carbocycles. The fourth-order valence-electron chi connectivity index (χ4n) is 4.43. The maximum atomic E-state index is 12.3. The van der Waals surface area contributed by atoms with E-state index in [1.807, 2.05) is 6.07 Å². The lowest BCUT2D eigenvalue weighted by atomic mass is 9.93. The first kappa shape index (κ1) is 17.7. The summed E-state index contributed by atoms with van der Waals surface area (Å²) in [6.07, 6.45) is 6.60. The van der Waals surface area contributed by atoms with Gasteiger partial charge >= 0.3 is 0 Å². The van der Waals surface area contributed by atoms with E-state index in [2.05, 4.69) is 21.9 Å². The highest BCUT2D eigenvalue weighted by molar-refractivity contribution is 5.76. The van der Waals surface area contributed by atoms with E-state index in [0.717, 1.165) is 57.1 Å². The van der Waals surface area contributed by atoms with Gasteiger partial charge in [-0.2, -0.15) is 0 Å². The molecule has 1 unspecified atom stereocenters. The third-order valence-electron chi connectivity index (χ3n) is 5.84. The van der Waals surface area contributed by atoms with E-state index in [1.165, 1.54) is 31.2 Å². The first-order valence-electron chi connectivity index (χ1n) is 10.2. The van der Waals surface area contributed by atoms with Crippen LogP contribution in [0.2, 0.25) is 0 Å². The molecule has 4 rings (SSSR count). The number of rotatable bonds is 5. The molecule has 1 aromatic carbocycles. The Morgan fingerprint density at radius 1 is 1.04 bits per heavy atom. The molecule has 1 atom stereocenters. The fraction of sp³-hybridized carbons (Fsp3) is 0.667. The largest absolute Gasteiger partial charge is 0.486 e. The van der Waals surface area contributed by atoms with Crippen molar-refractivity contribution in [3.05, 3.63) is 23.8 Å². The molecule has 0 saturated carbocycles. The molecule has 5 nitrogen and oxygen atoms in total. The Hall–Kier alpha value is -1.75. The lowest BCUT2D eigenvalue weighted by Gasteiger charge is -2.33. The number of piperidine rings is 1. The molecule has 1 amide bonds. The molecular weight excluding hydrogens is 328 g/mol. The molecule has 3 aliphatic rings. The van der Waals surface area contributed by atoms with Crippen LogP contribution in [0.3, 0.4) is 0 Å². The molecule has 3 heterocycles. The number of hydrogen-bond acceptors (Lipinski definition) is 4. The van der Waals surface area contributed by atoms with Crippen LogP contribution < -0.4 is 9.47 Å². The van der Waals surface area contributed by atoms with Crippen LogP contribution >= 0.6 is 0 Å². The van der Waals surface area contributed by atoms with Crippen LogP contribution in [-0.4, -0.2) is 55.1 Å². The molecule has 5 heteroatoms. The van der Waals surface area contributed by atoms with E-state index >= 15 is 0 Å². The normalized spacial score (nSPS) is 23.2. The Bertz CT molecular complexity index is 628. The highest BCUT2D eigenvalue weighted by Crippen LogP contribution is 2.32. The summed E-state index contributed by atoms with van der Waals surface area (Å²) in [4.78, 5) is 16.9. The molecule has 3 aliphatic heterocycles. The molecule has 0 radical (unpaired) electrons. The molecule has 142 valence electrons. The van der Waals surface area contributed by atoms with E-state index in [1.54, 1.807) is 0 Å². The number of fused-ring (bicyclic) bond motifs is 1. The van der Waals surface area contributed by atoms with E-state index in [0.29, 0.717) is 25.0 Å². The average molecular weight is 358 g/mol. The van der Waals surface area contributed by atoms with Gasteiger partial charge in [-0.05, 0) is 62.3 Å². The monoisotopic (exact) mass is 358 g/mol. The van der Waals surface area contributed by atoms with Crippen LogP contribution in [0.15, 0.2) is 18.2 Å². The Morgan fingerprint density at radius 2 is 1.85 bits per heavy atom.